The minimum absolute atomic E-state index is 0.278. The molecule has 0 fully saturated rings. The zero-order chi connectivity index (χ0) is 13.2. The van der Waals surface area contributed by atoms with Crippen molar-refractivity contribution in [3.63, 3.8) is 0 Å². The third-order valence-electron chi connectivity index (χ3n) is 2.40. The van der Waals surface area contributed by atoms with Crippen molar-refractivity contribution >= 4 is 55.1 Å². The van der Waals surface area contributed by atoms with Gasteiger partial charge < -0.3 is 10.4 Å². The molecule has 0 aliphatic heterocycles. The van der Waals surface area contributed by atoms with Crippen LogP contribution in [0.1, 0.15) is 24.2 Å². The Hall–Kier alpha value is -0.400. The Bertz CT molecular complexity index is 447. The fourth-order valence-electron chi connectivity index (χ4n) is 1.12. The van der Waals surface area contributed by atoms with Crippen LogP contribution in [0.5, 0.6) is 0 Å². The molecule has 0 aliphatic rings. The Balaban J connectivity index is 2.73. The van der Waals surface area contributed by atoms with E-state index in [1.165, 1.54) is 11.3 Å². The molecule has 1 aromatic rings. The van der Waals surface area contributed by atoms with E-state index in [1.54, 1.807) is 19.9 Å². The number of rotatable bonds is 4. The van der Waals surface area contributed by atoms with E-state index in [2.05, 4.69) is 37.2 Å². The first-order chi connectivity index (χ1) is 7.82. The lowest BCUT2D eigenvalue weighted by atomic mass is 10.0. The summed E-state index contributed by atoms with van der Waals surface area (Å²) in [7, 11) is 0. The van der Waals surface area contributed by atoms with Gasteiger partial charge in [-0.3, -0.25) is 9.59 Å². The van der Waals surface area contributed by atoms with Gasteiger partial charge >= 0.3 is 5.97 Å². The van der Waals surface area contributed by atoms with Gasteiger partial charge in [0.2, 0.25) is 0 Å². The van der Waals surface area contributed by atoms with Crippen LogP contribution in [0.4, 0.5) is 0 Å². The molecule has 1 aromatic heterocycles. The second-order valence-corrected chi connectivity index (χ2v) is 7.38. The molecule has 94 valence electrons. The number of thiophene rings is 1. The lowest BCUT2D eigenvalue weighted by Crippen LogP contribution is -2.40. The number of carbonyl (C=O) groups is 2. The summed E-state index contributed by atoms with van der Waals surface area (Å²) in [6.45, 7) is 3.23. The van der Waals surface area contributed by atoms with Crippen LogP contribution in [-0.4, -0.2) is 23.0 Å². The van der Waals surface area contributed by atoms with E-state index in [1.807, 2.05) is 0 Å². The lowest BCUT2D eigenvalue weighted by Gasteiger charge is -2.17. The molecule has 0 bridgehead atoms. The maximum absolute atomic E-state index is 11.9. The van der Waals surface area contributed by atoms with E-state index >= 15 is 0 Å². The topological polar surface area (TPSA) is 66.4 Å². The summed E-state index contributed by atoms with van der Waals surface area (Å²) >= 11 is 7.96. The quantitative estimate of drug-likeness (QED) is 0.837. The molecule has 1 amide bonds. The summed E-state index contributed by atoms with van der Waals surface area (Å²) in [5.41, 5.74) is 0.506. The summed E-state index contributed by atoms with van der Waals surface area (Å²) < 4.78 is 1.56. The number of hydrogen-bond acceptors (Lipinski definition) is 3. The van der Waals surface area contributed by atoms with Gasteiger partial charge in [0, 0.05) is 6.04 Å². The first-order valence-corrected chi connectivity index (χ1v) is 7.21. The molecule has 0 aromatic carbocycles. The SMILES string of the molecule is CC(NC(=O)c1cc(Br)sc1Br)C(C)C(=O)O. The molecule has 7 heteroatoms. The Morgan fingerprint density at radius 1 is 1.41 bits per heavy atom. The third kappa shape index (κ3) is 3.79. The smallest absolute Gasteiger partial charge is 0.308 e. The molecule has 17 heavy (non-hydrogen) atoms. The van der Waals surface area contributed by atoms with Crippen LogP contribution in [0, 0.1) is 5.92 Å². The van der Waals surface area contributed by atoms with Crippen LogP contribution in [0.2, 0.25) is 0 Å². The molecule has 1 rings (SSSR count). The highest BCUT2D eigenvalue weighted by atomic mass is 79.9. The molecular formula is C10H11Br2NO3S. The lowest BCUT2D eigenvalue weighted by molar-refractivity contribution is -0.141. The number of halogens is 2. The van der Waals surface area contributed by atoms with Crippen molar-refractivity contribution in [3.05, 3.63) is 19.2 Å². The molecule has 2 N–H and O–H groups in total. The maximum atomic E-state index is 11.9. The summed E-state index contributed by atoms with van der Waals surface area (Å²) in [5.74, 6) is -1.83. The highest BCUT2D eigenvalue weighted by Crippen LogP contribution is 2.31. The number of nitrogens with one attached hydrogen (secondary N) is 1. The first kappa shape index (κ1) is 14.7. The van der Waals surface area contributed by atoms with Crippen LogP contribution < -0.4 is 5.32 Å². The van der Waals surface area contributed by atoms with E-state index in [0.717, 1.165) is 7.57 Å². The van der Waals surface area contributed by atoms with Gasteiger partial charge in [-0.2, -0.15) is 0 Å². The van der Waals surface area contributed by atoms with Crippen LogP contribution in [-0.2, 0) is 4.79 Å². The standard InChI is InChI=1S/C10H11Br2NO3S/c1-4(10(15)16)5(2)13-9(14)6-3-7(11)17-8(6)12/h3-5H,1-2H3,(H,13,14)(H,15,16). The number of aliphatic carboxylic acids is 1. The van der Waals surface area contributed by atoms with Crippen molar-refractivity contribution < 1.29 is 14.7 Å². The monoisotopic (exact) mass is 383 g/mol. The van der Waals surface area contributed by atoms with Gasteiger partial charge in [-0.05, 0) is 51.8 Å². The van der Waals surface area contributed by atoms with E-state index in [4.69, 9.17) is 5.11 Å². The van der Waals surface area contributed by atoms with Gasteiger partial charge in [0.05, 0.1) is 19.1 Å². The Morgan fingerprint density at radius 3 is 2.41 bits per heavy atom. The van der Waals surface area contributed by atoms with E-state index in [-0.39, 0.29) is 5.91 Å². The molecule has 2 atom stereocenters. The maximum Gasteiger partial charge on any atom is 0.308 e. The van der Waals surface area contributed by atoms with E-state index < -0.39 is 17.9 Å². The van der Waals surface area contributed by atoms with Crippen molar-refractivity contribution in [1.29, 1.82) is 0 Å². The Kier molecular flexibility index (Phi) is 5.15. The van der Waals surface area contributed by atoms with Crippen LogP contribution >= 0.6 is 43.2 Å². The third-order valence-corrected chi connectivity index (χ3v) is 4.74. The van der Waals surface area contributed by atoms with Gasteiger partial charge in [-0.25, -0.2) is 0 Å². The second kappa shape index (κ2) is 5.97. The van der Waals surface area contributed by atoms with Crippen molar-refractivity contribution in [3.8, 4) is 0 Å². The number of hydrogen-bond donors (Lipinski definition) is 2. The summed E-state index contributed by atoms with van der Waals surface area (Å²) in [6.07, 6.45) is 0. The molecule has 2 unspecified atom stereocenters. The fraction of sp³-hybridized carbons (Fsp3) is 0.400. The minimum Gasteiger partial charge on any atom is -0.481 e. The van der Waals surface area contributed by atoms with Gasteiger partial charge in [-0.1, -0.05) is 0 Å². The average Bonchev–Trinajstić information content (AvgIpc) is 2.56. The fourth-order valence-corrected chi connectivity index (χ4v) is 3.91. The van der Waals surface area contributed by atoms with Crippen LogP contribution in [0.3, 0.4) is 0 Å². The zero-order valence-corrected chi connectivity index (χ0v) is 13.1. The Morgan fingerprint density at radius 2 is 2.00 bits per heavy atom. The van der Waals surface area contributed by atoms with Crippen LogP contribution in [0.25, 0.3) is 0 Å². The van der Waals surface area contributed by atoms with Gasteiger partial charge in [-0.15, -0.1) is 11.3 Å². The summed E-state index contributed by atoms with van der Waals surface area (Å²) in [4.78, 5) is 22.6. The van der Waals surface area contributed by atoms with E-state index in [9.17, 15) is 9.59 Å². The summed E-state index contributed by atoms with van der Waals surface area (Å²) in [6, 6.07) is 1.27. The van der Waals surface area contributed by atoms with Crippen molar-refractivity contribution in [2.75, 3.05) is 0 Å². The van der Waals surface area contributed by atoms with E-state index in [0.29, 0.717) is 5.56 Å². The number of carbonyl (C=O) groups excluding carboxylic acids is 1. The van der Waals surface area contributed by atoms with Gasteiger partial charge in [0.15, 0.2) is 0 Å². The number of carboxylic acids is 1. The molecule has 0 spiro atoms. The molecule has 1 heterocycles. The zero-order valence-electron chi connectivity index (χ0n) is 9.16. The molecular weight excluding hydrogens is 374 g/mol. The number of amides is 1. The molecule has 0 saturated carbocycles. The molecule has 0 radical (unpaired) electrons. The first-order valence-electron chi connectivity index (χ1n) is 4.81. The van der Waals surface area contributed by atoms with Gasteiger partial charge in [0.25, 0.3) is 5.91 Å². The predicted molar refractivity (Wildman–Crippen MR) is 73.4 cm³/mol. The minimum atomic E-state index is -0.927. The molecule has 0 saturated heterocycles. The molecule has 4 nitrogen and oxygen atoms in total. The highest BCUT2D eigenvalue weighted by Gasteiger charge is 2.23. The summed E-state index contributed by atoms with van der Waals surface area (Å²) in [5, 5.41) is 11.5. The van der Waals surface area contributed by atoms with Crippen LogP contribution in [0.15, 0.2) is 13.6 Å². The highest BCUT2D eigenvalue weighted by molar-refractivity contribution is 9.12. The van der Waals surface area contributed by atoms with Gasteiger partial charge in [0.1, 0.15) is 0 Å². The van der Waals surface area contributed by atoms with Crippen molar-refractivity contribution in [1.82, 2.24) is 5.32 Å². The average molecular weight is 385 g/mol. The Labute approximate surface area is 120 Å². The predicted octanol–water partition coefficient (Wildman–Crippen LogP) is 3.11. The van der Waals surface area contributed by atoms with Crippen molar-refractivity contribution in [2.24, 2.45) is 5.92 Å². The number of carboxylic acid groups (broad SMARTS) is 1. The molecule has 0 aliphatic carbocycles. The second-order valence-electron chi connectivity index (χ2n) is 3.63. The largest absolute Gasteiger partial charge is 0.481 e. The normalized spacial score (nSPS) is 14.1. The van der Waals surface area contributed by atoms with Crippen molar-refractivity contribution in [2.45, 2.75) is 19.9 Å².